The Balaban J connectivity index is 2.07. The van der Waals surface area contributed by atoms with Crippen molar-refractivity contribution >= 4 is 35.1 Å². The Bertz CT molecular complexity index is 491. The first-order valence-corrected chi connectivity index (χ1v) is 7.83. The van der Waals surface area contributed by atoms with Crippen LogP contribution in [-0.2, 0) is 0 Å². The van der Waals surface area contributed by atoms with Crippen LogP contribution >= 0.6 is 23.5 Å². The minimum Gasteiger partial charge on any atom is -0.314 e. The van der Waals surface area contributed by atoms with Crippen molar-refractivity contribution in [1.29, 1.82) is 0 Å². The molecule has 1 aliphatic heterocycles. The maximum Gasteiger partial charge on any atom is 0.113 e. The summed E-state index contributed by atoms with van der Waals surface area (Å²) in [6.07, 6.45) is 2.18. The first kappa shape index (κ1) is 14.7. The summed E-state index contributed by atoms with van der Waals surface area (Å²) in [6.45, 7) is 9.13. The average Bonchev–Trinajstić information content (AvgIpc) is 2.25. The Morgan fingerprint density at radius 1 is 1.37 bits per heavy atom. The van der Waals surface area contributed by atoms with Crippen molar-refractivity contribution in [3.05, 3.63) is 23.2 Å². The fourth-order valence-corrected chi connectivity index (χ4v) is 3.35. The summed E-state index contributed by atoms with van der Waals surface area (Å²) in [7, 11) is 0. The van der Waals surface area contributed by atoms with E-state index < -0.39 is 0 Å². The molecule has 0 aliphatic carbocycles. The largest absolute Gasteiger partial charge is 0.314 e. The molecule has 0 spiro atoms. The number of nitrogens with zero attached hydrogens (tertiary/aromatic N) is 1. The van der Waals surface area contributed by atoms with E-state index in [0.717, 1.165) is 27.9 Å². The van der Waals surface area contributed by atoms with Crippen molar-refractivity contribution in [2.24, 2.45) is 16.3 Å². The fraction of sp³-hybridized carbons (Fsp3) is 0.533. The number of benzene rings is 1. The van der Waals surface area contributed by atoms with Crippen molar-refractivity contribution in [2.75, 3.05) is 0 Å². The zero-order valence-corrected chi connectivity index (χ0v) is 13.5. The molecule has 0 amide bonds. The van der Waals surface area contributed by atoms with Gasteiger partial charge in [-0.05, 0) is 47.9 Å². The maximum atomic E-state index is 6.02. The van der Waals surface area contributed by atoms with Crippen LogP contribution in [0.15, 0.2) is 28.1 Å². The van der Waals surface area contributed by atoms with E-state index in [9.17, 15) is 0 Å². The average molecular weight is 297 g/mol. The molecule has 4 heteroatoms. The Morgan fingerprint density at radius 2 is 2.11 bits per heavy atom. The van der Waals surface area contributed by atoms with Crippen molar-refractivity contribution in [2.45, 2.75) is 45.4 Å². The van der Waals surface area contributed by atoms with Crippen LogP contribution in [0.4, 0.5) is 5.69 Å². The van der Waals surface area contributed by atoms with Crippen LogP contribution < -0.4 is 4.72 Å². The topological polar surface area (TPSA) is 24.4 Å². The molecule has 0 aromatic heterocycles. The molecule has 1 atom stereocenters. The van der Waals surface area contributed by atoms with Crippen molar-refractivity contribution in [3.63, 3.8) is 0 Å². The van der Waals surface area contributed by atoms with Crippen molar-refractivity contribution in [1.82, 2.24) is 4.72 Å². The second kappa shape index (κ2) is 5.76. The number of hydrogen-bond donors (Lipinski definition) is 1. The number of hydrogen-bond acceptors (Lipinski definition) is 3. The summed E-state index contributed by atoms with van der Waals surface area (Å²) in [6, 6.07) is 5.84. The van der Waals surface area contributed by atoms with Crippen LogP contribution in [-0.4, -0.2) is 5.84 Å². The van der Waals surface area contributed by atoms with Crippen molar-refractivity contribution in [3.8, 4) is 0 Å². The Kier molecular flexibility index (Phi) is 4.46. The van der Waals surface area contributed by atoms with Crippen LogP contribution in [0.3, 0.4) is 0 Å². The van der Waals surface area contributed by atoms with Gasteiger partial charge in [0.2, 0.25) is 0 Å². The summed E-state index contributed by atoms with van der Waals surface area (Å²) in [5, 5.41) is 0.743. The molecular weight excluding hydrogens is 276 g/mol. The highest BCUT2D eigenvalue weighted by Crippen LogP contribution is 2.35. The monoisotopic (exact) mass is 296 g/mol. The van der Waals surface area contributed by atoms with Gasteiger partial charge < -0.3 is 4.72 Å². The minimum absolute atomic E-state index is 0.364. The summed E-state index contributed by atoms with van der Waals surface area (Å²) >= 11 is 7.64. The van der Waals surface area contributed by atoms with Gasteiger partial charge >= 0.3 is 0 Å². The number of amidine groups is 1. The highest BCUT2D eigenvalue weighted by molar-refractivity contribution is 7.98. The van der Waals surface area contributed by atoms with E-state index >= 15 is 0 Å². The van der Waals surface area contributed by atoms with Crippen LogP contribution in [0.2, 0.25) is 5.02 Å². The predicted octanol–water partition coefficient (Wildman–Crippen LogP) is 5.44. The van der Waals surface area contributed by atoms with E-state index in [2.05, 4.69) is 37.4 Å². The van der Waals surface area contributed by atoms with Gasteiger partial charge in [0, 0.05) is 11.4 Å². The van der Waals surface area contributed by atoms with Gasteiger partial charge in [-0.2, -0.15) is 0 Å². The van der Waals surface area contributed by atoms with E-state index in [0.29, 0.717) is 11.3 Å². The number of fused-ring (bicyclic) bond motifs is 1. The van der Waals surface area contributed by atoms with Gasteiger partial charge in [-0.25, -0.2) is 4.99 Å². The summed E-state index contributed by atoms with van der Waals surface area (Å²) in [4.78, 5) is 5.81. The molecule has 0 fully saturated rings. The second-order valence-corrected chi connectivity index (χ2v) is 7.73. The molecule has 1 N–H and O–H groups in total. The highest BCUT2D eigenvalue weighted by atomic mass is 35.5. The van der Waals surface area contributed by atoms with Crippen LogP contribution in [0.5, 0.6) is 0 Å². The van der Waals surface area contributed by atoms with Gasteiger partial charge in [-0.3, -0.25) is 0 Å². The summed E-state index contributed by atoms with van der Waals surface area (Å²) < 4.78 is 3.34. The number of aliphatic imine (C=N–C) groups is 1. The van der Waals surface area contributed by atoms with Gasteiger partial charge in [0.05, 0.1) is 10.6 Å². The second-order valence-electron chi connectivity index (χ2n) is 6.45. The van der Waals surface area contributed by atoms with E-state index in [1.807, 2.05) is 18.2 Å². The first-order valence-electron chi connectivity index (χ1n) is 6.63. The van der Waals surface area contributed by atoms with E-state index in [1.165, 1.54) is 6.42 Å². The predicted molar refractivity (Wildman–Crippen MR) is 85.4 cm³/mol. The molecule has 1 unspecified atom stereocenters. The lowest BCUT2D eigenvalue weighted by Gasteiger charge is -2.25. The third-order valence-electron chi connectivity index (χ3n) is 2.96. The molecule has 1 aromatic carbocycles. The Hall–Kier alpha value is -0.670. The van der Waals surface area contributed by atoms with Crippen molar-refractivity contribution < 1.29 is 0 Å². The molecule has 1 aliphatic rings. The minimum atomic E-state index is 0.364. The molecular formula is C15H21ClN2S. The number of rotatable bonds is 3. The molecule has 0 saturated heterocycles. The van der Waals surface area contributed by atoms with Gasteiger partial charge in [0.15, 0.2) is 0 Å². The lowest BCUT2D eigenvalue weighted by atomic mass is 9.84. The third-order valence-corrected chi connectivity index (χ3v) is 4.10. The SMILES string of the molecule is CC(CC1=Nc2cc(Cl)ccc2SN1)CC(C)(C)C. The molecule has 19 heavy (non-hydrogen) atoms. The van der Waals surface area contributed by atoms with Gasteiger partial charge in [0.1, 0.15) is 5.84 Å². The Labute approximate surface area is 125 Å². The molecule has 1 heterocycles. The zero-order chi connectivity index (χ0) is 14.0. The molecule has 0 bridgehead atoms. The zero-order valence-electron chi connectivity index (χ0n) is 12.0. The fourth-order valence-electron chi connectivity index (χ4n) is 2.48. The number of nitrogens with one attached hydrogen (secondary N) is 1. The standard InChI is InChI=1S/C15H21ClN2S/c1-10(9-15(2,3)4)7-14-17-12-8-11(16)5-6-13(12)19-18-14/h5-6,8,10H,7,9H2,1-4H3,(H,17,18). The normalized spacial score (nSPS) is 16.4. The molecule has 1 aromatic rings. The lowest BCUT2D eigenvalue weighted by Crippen LogP contribution is -2.23. The summed E-state index contributed by atoms with van der Waals surface area (Å²) in [5.74, 6) is 1.67. The maximum absolute atomic E-state index is 6.02. The molecule has 0 saturated carbocycles. The first-order chi connectivity index (χ1) is 8.83. The third kappa shape index (κ3) is 4.43. The molecule has 104 valence electrons. The van der Waals surface area contributed by atoms with Crippen LogP contribution in [0, 0.1) is 11.3 Å². The molecule has 2 nitrogen and oxygen atoms in total. The quantitative estimate of drug-likeness (QED) is 0.751. The van der Waals surface area contributed by atoms with Crippen LogP contribution in [0.1, 0.15) is 40.5 Å². The smallest absolute Gasteiger partial charge is 0.113 e. The molecule has 0 radical (unpaired) electrons. The van der Waals surface area contributed by atoms with Gasteiger partial charge in [-0.15, -0.1) is 0 Å². The summed E-state index contributed by atoms with van der Waals surface area (Å²) in [5.41, 5.74) is 1.34. The van der Waals surface area contributed by atoms with E-state index in [-0.39, 0.29) is 0 Å². The highest BCUT2D eigenvalue weighted by Gasteiger charge is 2.19. The van der Waals surface area contributed by atoms with Crippen LogP contribution in [0.25, 0.3) is 0 Å². The van der Waals surface area contributed by atoms with E-state index in [1.54, 1.807) is 11.9 Å². The van der Waals surface area contributed by atoms with E-state index in [4.69, 9.17) is 11.6 Å². The Morgan fingerprint density at radius 3 is 2.79 bits per heavy atom. The molecule has 2 rings (SSSR count). The number of halogens is 1. The van der Waals surface area contributed by atoms with Gasteiger partial charge in [-0.1, -0.05) is 39.3 Å². The van der Waals surface area contributed by atoms with Gasteiger partial charge in [0.25, 0.3) is 0 Å². The lowest BCUT2D eigenvalue weighted by molar-refractivity contribution is 0.311.